The van der Waals surface area contributed by atoms with Gasteiger partial charge >= 0.3 is 6.18 Å². The highest BCUT2D eigenvalue weighted by atomic mass is 31.0. The van der Waals surface area contributed by atoms with Crippen LogP contribution in [0.15, 0.2) is 58.1 Å². The zero-order valence-electron chi connectivity index (χ0n) is 18.8. The molecule has 1 N–H and O–H groups in total. The number of halogens is 4. The fraction of sp³-hybridized carbons (Fsp3) is 0.400. The Balaban J connectivity index is 1.94. The third-order valence-electron chi connectivity index (χ3n) is 5.62. The smallest absolute Gasteiger partial charge is 0.416 e. The van der Waals surface area contributed by atoms with Crippen LogP contribution >= 0.6 is 9.24 Å². The molecule has 2 unspecified atom stereocenters. The van der Waals surface area contributed by atoms with Crippen LogP contribution in [0.4, 0.5) is 17.6 Å². The number of hydrogen-bond acceptors (Lipinski definition) is 3. The van der Waals surface area contributed by atoms with Crippen molar-refractivity contribution in [1.29, 1.82) is 0 Å². The van der Waals surface area contributed by atoms with E-state index < -0.39 is 11.7 Å². The number of aromatic nitrogens is 1. The molecular weight excluding hydrogens is 451 g/mol. The Hall–Kier alpha value is -2.24. The van der Waals surface area contributed by atoms with Crippen LogP contribution in [0.25, 0.3) is 5.57 Å². The minimum Gasteiger partial charge on any atom is -0.441 e. The number of alkyl halides is 3. The van der Waals surface area contributed by atoms with Gasteiger partial charge in [-0.3, -0.25) is 0 Å². The van der Waals surface area contributed by atoms with Gasteiger partial charge in [0.2, 0.25) is 5.89 Å². The second-order valence-corrected chi connectivity index (χ2v) is 8.33. The van der Waals surface area contributed by atoms with Crippen LogP contribution in [-0.4, -0.2) is 17.3 Å². The van der Waals surface area contributed by atoms with E-state index in [4.69, 9.17) is 4.42 Å². The van der Waals surface area contributed by atoms with E-state index >= 15 is 0 Å². The Morgan fingerprint density at radius 2 is 2.00 bits per heavy atom. The highest BCUT2D eigenvalue weighted by Gasteiger charge is 2.33. The number of aryl methyl sites for hydroxylation is 1. The predicted molar refractivity (Wildman–Crippen MR) is 126 cm³/mol. The highest BCUT2D eigenvalue weighted by Crippen LogP contribution is 2.36. The lowest BCUT2D eigenvalue weighted by Gasteiger charge is -2.21. The van der Waals surface area contributed by atoms with Crippen LogP contribution in [-0.2, 0) is 13.0 Å². The topological polar surface area (TPSA) is 38.1 Å². The molecule has 8 heteroatoms. The van der Waals surface area contributed by atoms with Gasteiger partial charge in [0.1, 0.15) is 11.6 Å². The number of oxazole rings is 1. The molecule has 0 saturated carbocycles. The molecule has 2 aromatic rings. The molecule has 33 heavy (non-hydrogen) atoms. The van der Waals surface area contributed by atoms with E-state index in [1.807, 2.05) is 0 Å². The molecule has 0 saturated heterocycles. The van der Waals surface area contributed by atoms with Gasteiger partial charge in [-0.15, -0.1) is 9.24 Å². The van der Waals surface area contributed by atoms with Gasteiger partial charge in [-0.1, -0.05) is 31.2 Å². The van der Waals surface area contributed by atoms with E-state index in [2.05, 4.69) is 19.5 Å². The summed E-state index contributed by atoms with van der Waals surface area (Å²) < 4.78 is 60.0. The summed E-state index contributed by atoms with van der Waals surface area (Å²) in [4.78, 5) is 4.67. The molecule has 1 aliphatic carbocycles. The maximum Gasteiger partial charge on any atom is 0.416 e. The molecule has 2 atom stereocenters. The third-order valence-corrected chi connectivity index (χ3v) is 6.06. The van der Waals surface area contributed by atoms with Gasteiger partial charge in [0.15, 0.2) is 0 Å². The molecule has 1 aromatic heterocycles. The van der Waals surface area contributed by atoms with Crippen molar-refractivity contribution in [2.24, 2.45) is 0 Å². The van der Waals surface area contributed by atoms with Gasteiger partial charge in [-0.2, -0.15) is 13.2 Å². The SMILES string of the molecule is C\C=C(CP)/C(=C\C(=C\CC)C(F)(F)F)c1nc2c(o1)CCCC2NCc1ccc(F)cc1. The summed E-state index contributed by atoms with van der Waals surface area (Å²) in [5.74, 6) is 0.617. The first-order valence-corrected chi connectivity index (χ1v) is 11.9. The number of hydrogen-bond donors (Lipinski definition) is 1. The molecule has 1 aliphatic rings. The molecule has 3 rings (SSSR count). The molecule has 0 aliphatic heterocycles. The van der Waals surface area contributed by atoms with Crippen LogP contribution in [0.2, 0.25) is 0 Å². The Kier molecular flexibility index (Phi) is 8.66. The van der Waals surface area contributed by atoms with Gasteiger partial charge in [0, 0.05) is 18.5 Å². The first-order chi connectivity index (χ1) is 15.8. The molecule has 1 aromatic carbocycles. The minimum atomic E-state index is -4.47. The van der Waals surface area contributed by atoms with E-state index in [0.29, 0.717) is 36.0 Å². The number of benzene rings is 1. The van der Waals surface area contributed by atoms with Gasteiger partial charge in [-0.25, -0.2) is 9.37 Å². The lowest BCUT2D eigenvalue weighted by Crippen LogP contribution is -2.24. The molecule has 0 amide bonds. The van der Waals surface area contributed by atoms with Crippen molar-refractivity contribution in [3.63, 3.8) is 0 Å². The third kappa shape index (κ3) is 6.42. The summed E-state index contributed by atoms with van der Waals surface area (Å²) in [7, 11) is 2.55. The van der Waals surface area contributed by atoms with Crippen molar-refractivity contribution >= 4 is 14.8 Å². The Morgan fingerprint density at radius 3 is 2.61 bits per heavy atom. The Labute approximate surface area is 194 Å². The number of nitrogens with zero attached hydrogens (tertiary/aromatic N) is 1. The standard InChI is InChI=1S/C25H29F4N2OP/c1-3-6-18(25(27,28)29)13-20(17(4-2)15-33)24-31-23-21(7-5-8-22(23)32-24)30-14-16-9-11-19(26)12-10-16/h4,6,9-13,21,30H,3,5,7-8,14-15,33H2,1-2H3/b17-4-,18-6-,20-13+. The molecule has 0 fully saturated rings. The first kappa shape index (κ1) is 25.4. The van der Waals surface area contributed by atoms with Crippen molar-refractivity contribution in [3.05, 3.63) is 82.4 Å². The molecule has 0 spiro atoms. The Bertz CT molecular complexity index is 1040. The van der Waals surface area contributed by atoms with Gasteiger partial charge in [0.05, 0.1) is 17.3 Å². The summed E-state index contributed by atoms with van der Waals surface area (Å²) in [5.41, 5.74) is 2.01. The highest BCUT2D eigenvalue weighted by molar-refractivity contribution is 7.16. The number of rotatable bonds is 8. The number of fused-ring (bicyclic) bond motifs is 1. The number of nitrogens with one attached hydrogen (secondary N) is 1. The molecule has 178 valence electrons. The normalized spacial score (nSPS) is 17.9. The van der Waals surface area contributed by atoms with Crippen LogP contribution in [0.1, 0.15) is 62.1 Å². The zero-order valence-corrected chi connectivity index (χ0v) is 20.0. The average molecular weight is 480 g/mol. The lowest BCUT2D eigenvalue weighted by molar-refractivity contribution is -0.0883. The second kappa shape index (κ2) is 11.3. The fourth-order valence-corrected chi connectivity index (χ4v) is 4.34. The van der Waals surface area contributed by atoms with E-state index in [-0.39, 0.29) is 24.2 Å². The van der Waals surface area contributed by atoms with Crippen molar-refractivity contribution in [2.45, 2.75) is 58.3 Å². The minimum absolute atomic E-state index is 0.0871. The van der Waals surface area contributed by atoms with Crippen LogP contribution < -0.4 is 5.32 Å². The fourth-order valence-electron chi connectivity index (χ4n) is 3.88. The second-order valence-electron chi connectivity index (χ2n) is 7.92. The van der Waals surface area contributed by atoms with Crippen LogP contribution in [0, 0.1) is 5.82 Å². The number of allylic oxidation sites excluding steroid dienone is 6. The molecular formula is C25H29F4N2OP. The van der Waals surface area contributed by atoms with E-state index in [0.717, 1.165) is 30.2 Å². The lowest BCUT2D eigenvalue weighted by atomic mass is 9.96. The van der Waals surface area contributed by atoms with E-state index in [9.17, 15) is 17.6 Å². The van der Waals surface area contributed by atoms with Crippen molar-refractivity contribution in [1.82, 2.24) is 10.3 Å². The summed E-state index contributed by atoms with van der Waals surface area (Å²) in [6.07, 6.45) is 2.77. The zero-order chi connectivity index (χ0) is 24.0. The summed E-state index contributed by atoms with van der Waals surface area (Å²) in [6.45, 7) is 3.99. The van der Waals surface area contributed by atoms with Gasteiger partial charge in [0.25, 0.3) is 0 Å². The average Bonchev–Trinajstić information content (AvgIpc) is 3.22. The van der Waals surface area contributed by atoms with Gasteiger partial charge in [-0.05, 0) is 61.7 Å². The van der Waals surface area contributed by atoms with E-state index in [1.54, 1.807) is 32.1 Å². The quantitative estimate of drug-likeness (QED) is 0.249. The first-order valence-electron chi connectivity index (χ1n) is 11.1. The summed E-state index contributed by atoms with van der Waals surface area (Å²) >= 11 is 0. The molecule has 1 heterocycles. The molecule has 0 bridgehead atoms. The van der Waals surface area contributed by atoms with Gasteiger partial charge < -0.3 is 9.73 Å². The van der Waals surface area contributed by atoms with Crippen LogP contribution in [0.3, 0.4) is 0 Å². The maximum atomic E-state index is 13.6. The van der Waals surface area contributed by atoms with Crippen molar-refractivity contribution in [3.8, 4) is 0 Å². The maximum absolute atomic E-state index is 13.6. The largest absolute Gasteiger partial charge is 0.441 e. The monoisotopic (exact) mass is 480 g/mol. The predicted octanol–water partition coefficient (Wildman–Crippen LogP) is 7.08. The summed E-state index contributed by atoms with van der Waals surface area (Å²) in [5, 5.41) is 3.43. The van der Waals surface area contributed by atoms with Crippen molar-refractivity contribution in [2.75, 3.05) is 6.16 Å². The molecule has 0 radical (unpaired) electrons. The molecule has 3 nitrogen and oxygen atoms in total. The van der Waals surface area contributed by atoms with Crippen LogP contribution in [0.5, 0.6) is 0 Å². The van der Waals surface area contributed by atoms with Crippen molar-refractivity contribution < 1.29 is 22.0 Å². The Morgan fingerprint density at radius 1 is 1.27 bits per heavy atom. The summed E-state index contributed by atoms with van der Waals surface area (Å²) in [6, 6.07) is 6.18. The van der Waals surface area contributed by atoms with E-state index in [1.165, 1.54) is 18.2 Å².